The molecule has 1 heterocycles. The lowest BCUT2D eigenvalue weighted by Gasteiger charge is -2.12. The number of carbonyl (C=O) groups excluding carboxylic acids is 1. The van der Waals surface area contributed by atoms with Crippen LogP contribution in [0.2, 0.25) is 0 Å². The molecule has 0 aliphatic heterocycles. The smallest absolute Gasteiger partial charge is 0.153 e. The van der Waals surface area contributed by atoms with Crippen molar-refractivity contribution in [1.82, 2.24) is 9.78 Å². The third-order valence-electron chi connectivity index (χ3n) is 3.32. The minimum Gasteiger partial charge on any atom is -0.298 e. The lowest BCUT2D eigenvalue weighted by Crippen LogP contribution is -2.07. The lowest BCUT2D eigenvalue weighted by atomic mass is 10.1. The molecule has 0 aliphatic carbocycles. The Balaban J connectivity index is 2.45. The monoisotopic (exact) mass is 320 g/mol. The van der Waals surface area contributed by atoms with Crippen molar-refractivity contribution in [2.75, 3.05) is 0 Å². The normalized spacial score (nSPS) is 10.9. The summed E-state index contributed by atoms with van der Waals surface area (Å²) in [7, 11) is 0. The van der Waals surface area contributed by atoms with E-state index in [0.29, 0.717) is 11.6 Å². The summed E-state index contributed by atoms with van der Waals surface area (Å²) < 4.78 is 2.93. The van der Waals surface area contributed by atoms with E-state index in [1.54, 1.807) is 0 Å². The fourth-order valence-corrected chi connectivity index (χ4v) is 2.44. The van der Waals surface area contributed by atoms with Crippen molar-refractivity contribution < 1.29 is 4.79 Å². The summed E-state index contributed by atoms with van der Waals surface area (Å²) in [6.07, 6.45) is 4.75. The van der Waals surface area contributed by atoms with Crippen molar-refractivity contribution in [3.8, 4) is 11.3 Å². The maximum Gasteiger partial charge on any atom is 0.153 e. The van der Waals surface area contributed by atoms with Crippen LogP contribution in [0.3, 0.4) is 0 Å². The van der Waals surface area contributed by atoms with Crippen molar-refractivity contribution >= 4 is 22.2 Å². The van der Waals surface area contributed by atoms with Crippen molar-refractivity contribution in [3.63, 3.8) is 0 Å². The Morgan fingerprint density at radius 1 is 1.26 bits per heavy atom. The van der Waals surface area contributed by atoms with Crippen molar-refractivity contribution in [2.45, 2.75) is 32.7 Å². The number of hydrogen-bond donors (Lipinski definition) is 0. The molecular formula is C15H17BrN2O. The number of rotatable bonds is 5. The van der Waals surface area contributed by atoms with Crippen LogP contribution in [0.15, 0.2) is 34.9 Å². The van der Waals surface area contributed by atoms with Crippen LogP contribution in [0.5, 0.6) is 0 Å². The van der Waals surface area contributed by atoms with E-state index in [0.717, 1.165) is 34.9 Å². The van der Waals surface area contributed by atoms with Gasteiger partial charge in [-0.2, -0.15) is 5.10 Å². The van der Waals surface area contributed by atoms with Gasteiger partial charge in [0.25, 0.3) is 0 Å². The SMILES string of the molecule is CCC(CC)n1cc(C=O)c(-c2ccc(Br)cc2)n1. The molecule has 0 aliphatic rings. The Kier molecular flexibility index (Phi) is 4.53. The predicted octanol–water partition coefficient (Wildman–Crippen LogP) is 4.49. The van der Waals surface area contributed by atoms with Crippen LogP contribution < -0.4 is 0 Å². The summed E-state index contributed by atoms with van der Waals surface area (Å²) in [6, 6.07) is 8.20. The number of benzene rings is 1. The van der Waals surface area contributed by atoms with Crippen molar-refractivity contribution in [1.29, 1.82) is 0 Å². The van der Waals surface area contributed by atoms with Gasteiger partial charge in [-0.25, -0.2) is 0 Å². The zero-order valence-corrected chi connectivity index (χ0v) is 12.7. The van der Waals surface area contributed by atoms with Crippen LogP contribution >= 0.6 is 15.9 Å². The van der Waals surface area contributed by atoms with Gasteiger partial charge in [0.2, 0.25) is 0 Å². The van der Waals surface area contributed by atoms with Crippen molar-refractivity contribution in [2.24, 2.45) is 0 Å². The second-order valence-electron chi connectivity index (χ2n) is 4.51. The summed E-state index contributed by atoms with van der Waals surface area (Å²) >= 11 is 3.41. The molecule has 4 heteroatoms. The van der Waals surface area contributed by atoms with E-state index >= 15 is 0 Å². The molecule has 0 unspecified atom stereocenters. The lowest BCUT2D eigenvalue weighted by molar-refractivity contribution is 0.112. The minimum atomic E-state index is 0.350. The van der Waals surface area contributed by atoms with E-state index in [-0.39, 0.29) is 0 Å². The molecule has 0 N–H and O–H groups in total. The Morgan fingerprint density at radius 2 is 1.89 bits per heavy atom. The summed E-state index contributed by atoms with van der Waals surface area (Å²) in [5, 5.41) is 4.59. The number of aromatic nitrogens is 2. The van der Waals surface area contributed by atoms with E-state index in [1.807, 2.05) is 35.1 Å². The van der Waals surface area contributed by atoms with Crippen LogP contribution in [0.25, 0.3) is 11.3 Å². The molecule has 0 radical (unpaired) electrons. The molecule has 2 rings (SSSR count). The first-order valence-corrected chi connectivity index (χ1v) is 7.29. The molecule has 0 bridgehead atoms. The quantitative estimate of drug-likeness (QED) is 0.761. The van der Waals surface area contributed by atoms with Gasteiger partial charge >= 0.3 is 0 Å². The van der Waals surface area contributed by atoms with Crippen LogP contribution in [0.4, 0.5) is 0 Å². The average molecular weight is 321 g/mol. The Morgan fingerprint density at radius 3 is 2.42 bits per heavy atom. The zero-order valence-electron chi connectivity index (χ0n) is 11.1. The Bertz CT molecular complexity index is 556. The van der Waals surface area contributed by atoms with E-state index in [9.17, 15) is 4.79 Å². The van der Waals surface area contributed by atoms with E-state index < -0.39 is 0 Å². The van der Waals surface area contributed by atoms with Gasteiger partial charge in [0.05, 0.1) is 11.6 Å². The highest BCUT2D eigenvalue weighted by Crippen LogP contribution is 2.25. The molecule has 100 valence electrons. The van der Waals surface area contributed by atoms with Gasteiger partial charge in [0.15, 0.2) is 6.29 Å². The summed E-state index contributed by atoms with van der Waals surface area (Å²) in [5.74, 6) is 0. The van der Waals surface area contributed by atoms with Crippen LogP contribution in [0.1, 0.15) is 43.1 Å². The molecule has 1 aromatic carbocycles. The molecule has 0 amide bonds. The van der Waals surface area contributed by atoms with Gasteiger partial charge in [-0.3, -0.25) is 9.48 Å². The third kappa shape index (κ3) is 2.95. The van der Waals surface area contributed by atoms with E-state index in [4.69, 9.17) is 0 Å². The van der Waals surface area contributed by atoms with Crippen molar-refractivity contribution in [3.05, 3.63) is 40.5 Å². The predicted molar refractivity (Wildman–Crippen MR) is 80.4 cm³/mol. The summed E-state index contributed by atoms with van der Waals surface area (Å²) in [4.78, 5) is 11.2. The highest BCUT2D eigenvalue weighted by atomic mass is 79.9. The van der Waals surface area contributed by atoms with Gasteiger partial charge in [-0.05, 0) is 25.0 Å². The molecule has 1 aromatic heterocycles. The second-order valence-corrected chi connectivity index (χ2v) is 5.42. The number of carbonyl (C=O) groups is 1. The molecule has 0 fully saturated rings. The topological polar surface area (TPSA) is 34.9 Å². The highest BCUT2D eigenvalue weighted by molar-refractivity contribution is 9.10. The fourth-order valence-electron chi connectivity index (χ4n) is 2.17. The number of halogens is 1. The highest BCUT2D eigenvalue weighted by Gasteiger charge is 2.14. The zero-order chi connectivity index (χ0) is 13.8. The first kappa shape index (κ1) is 14.0. The van der Waals surface area contributed by atoms with Gasteiger partial charge in [0, 0.05) is 16.2 Å². The molecule has 3 nitrogen and oxygen atoms in total. The summed E-state index contributed by atoms with van der Waals surface area (Å²) in [6.45, 7) is 4.27. The van der Waals surface area contributed by atoms with Gasteiger partial charge in [0.1, 0.15) is 5.69 Å². The molecule has 0 atom stereocenters. The third-order valence-corrected chi connectivity index (χ3v) is 3.85. The number of nitrogens with zero attached hydrogens (tertiary/aromatic N) is 2. The molecule has 0 saturated heterocycles. The largest absolute Gasteiger partial charge is 0.298 e. The fraction of sp³-hybridized carbons (Fsp3) is 0.333. The second kappa shape index (κ2) is 6.15. The standard InChI is InChI=1S/C15H17BrN2O/c1-3-14(4-2)18-9-12(10-19)15(17-18)11-5-7-13(16)8-6-11/h5-10,14H,3-4H2,1-2H3. The summed E-state index contributed by atoms with van der Waals surface area (Å²) in [5.41, 5.74) is 2.37. The minimum absolute atomic E-state index is 0.350. The van der Waals surface area contributed by atoms with Crippen LogP contribution in [-0.2, 0) is 0 Å². The molecule has 19 heavy (non-hydrogen) atoms. The maximum absolute atomic E-state index is 11.2. The number of aldehydes is 1. The average Bonchev–Trinajstić information content (AvgIpc) is 2.85. The van der Waals surface area contributed by atoms with E-state index in [2.05, 4.69) is 34.9 Å². The molecule has 0 spiro atoms. The van der Waals surface area contributed by atoms with Gasteiger partial charge in [-0.15, -0.1) is 0 Å². The Hall–Kier alpha value is -1.42. The first-order chi connectivity index (χ1) is 9.19. The molecular weight excluding hydrogens is 304 g/mol. The van der Waals surface area contributed by atoms with Crippen LogP contribution in [-0.4, -0.2) is 16.1 Å². The number of hydrogen-bond acceptors (Lipinski definition) is 2. The first-order valence-electron chi connectivity index (χ1n) is 6.49. The van der Waals surface area contributed by atoms with Gasteiger partial charge < -0.3 is 0 Å². The van der Waals surface area contributed by atoms with E-state index in [1.165, 1.54) is 0 Å². The molecule has 2 aromatic rings. The maximum atomic E-state index is 11.2. The van der Waals surface area contributed by atoms with Gasteiger partial charge in [-0.1, -0.05) is 41.9 Å². The Labute approximate surface area is 121 Å². The van der Waals surface area contributed by atoms with Crippen LogP contribution in [0, 0.1) is 0 Å². The molecule has 0 saturated carbocycles.